The second-order valence-electron chi connectivity index (χ2n) is 6.86. The Morgan fingerprint density at radius 2 is 2.19 bits per heavy atom. The molecule has 3 atom stereocenters. The molecule has 3 unspecified atom stereocenters. The SMILES string of the molecule is CCCNC(CN1CCOC2CCCC21)(C(=O)O)C1CC1. The third-order valence-corrected chi connectivity index (χ3v) is 5.40. The minimum Gasteiger partial charge on any atom is -0.480 e. The Bertz CT molecular complexity index is 386. The molecule has 2 N–H and O–H groups in total. The molecule has 3 aliphatic rings. The Labute approximate surface area is 127 Å². The minimum atomic E-state index is -0.750. The molecule has 2 saturated carbocycles. The lowest BCUT2D eigenvalue weighted by molar-refractivity contribution is -0.149. The number of fused-ring (bicyclic) bond motifs is 1. The Morgan fingerprint density at radius 1 is 1.38 bits per heavy atom. The van der Waals surface area contributed by atoms with Crippen LogP contribution >= 0.6 is 0 Å². The number of nitrogens with zero attached hydrogens (tertiary/aromatic N) is 1. The summed E-state index contributed by atoms with van der Waals surface area (Å²) >= 11 is 0. The van der Waals surface area contributed by atoms with Gasteiger partial charge >= 0.3 is 5.97 Å². The molecule has 0 spiro atoms. The van der Waals surface area contributed by atoms with E-state index in [1.807, 2.05) is 0 Å². The van der Waals surface area contributed by atoms with E-state index in [9.17, 15) is 9.90 Å². The molecule has 2 aliphatic carbocycles. The molecule has 0 aromatic heterocycles. The van der Waals surface area contributed by atoms with Crippen LogP contribution in [-0.4, -0.2) is 59.9 Å². The highest BCUT2D eigenvalue weighted by Gasteiger charge is 2.53. The Hall–Kier alpha value is -0.650. The first kappa shape index (κ1) is 15.3. The van der Waals surface area contributed by atoms with Crippen LogP contribution in [0.1, 0.15) is 45.4 Å². The van der Waals surface area contributed by atoms with E-state index in [1.54, 1.807) is 0 Å². The molecule has 5 nitrogen and oxygen atoms in total. The molecule has 0 amide bonds. The molecule has 0 aromatic carbocycles. The molecule has 1 heterocycles. The second kappa shape index (κ2) is 6.23. The molecule has 0 bridgehead atoms. The number of carboxylic acids is 1. The van der Waals surface area contributed by atoms with Gasteiger partial charge in [0.25, 0.3) is 0 Å². The van der Waals surface area contributed by atoms with Crippen molar-refractivity contribution in [1.82, 2.24) is 10.2 Å². The van der Waals surface area contributed by atoms with Gasteiger partial charge in [0, 0.05) is 19.1 Å². The van der Waals surface area contributed by atoms with Gasteiger partial charge in [0.05, 0.1) is 12.7 Å². The maximum Gasteiger partial charge on any atom is 0.325 e. The summed E-state index contributed by atoms with van der Waals surface area (Å²) in [6.45, 7) is 5.12. The van der Waals surface area contributed by atoms with Gasteiger partial charge in [-0.15, -0.1) is 0 Å². The quantitative estimate of drug-likeness (QED) is 0.745. The molecule has 5 heteroatoms. The Kier molecular flexibility index (Phi) is 4.52. The average molecular weight is 296 g/mol. The Balaban J connectivity index is 1.75. The molecular formula is C16H28N2O3. The summed E-state index contributed by atoms with van der Waals surface area (Å²) in [4.78, 5) is 14.5. The molecular weight excluding hydrogens is 268 g/mol. The number of carboxylic acid groups (broad SMARTS) is 1. The fourth-order valence-corrected chi connectivity index (χ4v) is 4.09. The number of rotatable bonds is 7. The van der Waals surface area contributed by atoms with Crippen LogP contribution in [0.15, 0.2) is 0 Å². The first-order chi connectivity index (χ1) is 10.2. The number of hydrogen-bond acceptors (Lipinski definition) is 4. The summed E-state index contributed by atoms with van der Waals surface area (Å²) in [7, 11) is 0. The van der Waals surface area contributed by atoms with Gasteiger partial charge in [-0.05, 0) is 51.0 Å². The summed E-state index contributed by atoms with van der Waals surface area (Å²) in [5.41, 5.74) is -0.750. The van der Waals surface area contributed by atoms with Crippen molar-refractivity contribution in [2.75, 3.05) is 26.2 Å². The first-order valence-corrected chi connectivity index (χ1v) is 8.51. The summed E-state index contributed by atoms with van der Waals surface area (Å²) in [6.07, 6.45) is 6.87. The molecule has 3 fully saturated rings. The van der Waals surface area contributed by atoms with E-state index in [2.05, 4.69) is 17.1 Å². The lowest BCUT2D eigenvalue weighted by atomic mass is 9.90. The van der Waals surface area contributed by atoms with Crippen molar-refractivity contribution >= 4 is 5.97 Å². The second-order valence-corrected chi connectivity index (χ2v) is 6.86. The van der Waals surface area contributed by atoms with Gasteiger partial charge in [0.15, 0.2) is 0 Å². The molecule has 3 rings (SSSR count). The van der Waals surface area contributed by atoms with Crippen molar-refractivity contribution in [1.29, 1.82) is 0 Å². The van der Waals surface area contributed by atoms with Crippen molar-refractivity contribution < 1.29 is 14.6 Å². The van der Waals surface area contributed by atoms with E-state index in [-0.39, 0.29) is 0 Å². The van der Waals surface area contributed by atoms with Gasteiger partial charge in [-0.1, -0.05) is 6.92 Å². The number of hydrogen-bond donors (Lipinski definition) is 2. The van der Waals surface area contributed by atoms with Crippen molar-refractivity contribution in [2.24, 2.45) is 5.92 Å². The van der Waals surface area contributed by atoms with E-state index in [0.717, 1.165) is 51.8 Å². The van der Waals surface area contributed by atoms with Crippen LogP contribution in [0.5, 0.6) is 0 Å². The van der Waals surface area contributed by atoms with Crippen molar-refractivity contribution in [2.45, 2.75) is 63.1 Å². The van der Waals surface area contributed by atoms with Crippen LogP contribution in [0, 0.1) is 5.92 Å². The van der Waals surface area contributed by atoms with Gasteiger partial charge in [-0.25, -0.2) is 0 Å². The lowest BCUT2D eigenvalue weighted by Crippen LogP contribution is -2.64. The zero-order chi connectivity index (χ0) is 14.9. The van der Waals surface area contributed by atoms with E-state index >= 15 is 0 Å². The number of aliphatic carboxylic acids is 1. The predicted molar refractivity (Wildman–Crippen MR) is 80.3 cm³/mol. The first-order valence-electron chi connectivity index (χ1n) is 8.51. The lowest BCUT2D eigenvalue weighted by Gasteiger charge is -2.43. The molecule has 1 aliphatic heterocycles. The van der Waals surface area contributed by atoms with Gasteiger partial charge in [-0.3, -0.25) is 9.69 Å². The van der Waals surface area contributed by atoms with Gasteiger partial charge in [0.1, 0.15) is 5.54 Å². The van der Waals surface area contributed by atoms with E-state index < -0.39 is 11.5 Å². The molecule has 120 valence electrons. The normalized spacial score (nSPS) is 32.6. The van der Waals surface area contributed by atoms with E-state index in [0.29, 0.717) is 24.6 Å². The van der Waals surface area contributed by atoms with E-state index in [4.69, 9.17) is 4.74 Å². The Morgan fingerprint density at radius 3 is 2.86 bits per heavy atom. The van der Waals surface area contributed by atoms with Crippen LogP contribution in [-0.2, 0) is 9.53 Å². The number of nitrogens with one attached hydrogen (secondary N) is 1. The van der Waals surface area contributed by atoms with Gasteiger partial charge in [0.2, 0.25) is 0 Å². The molecule has 1 saturated heterocycles. The largest absolute Gasteiger partial charge is 0.480 e. The molecule has 21 heavy (non-hydrogen) atoms. The highest BCUT2D eigenvalue weighted by Crippen LogP contribution is 2.42. The maximum absolute atomic E-state index is 12.1. The number of ether oxygens (including phenoxy) is 1. The van der Waals surface area contributed by atoms with Gasteiger partial charge in [-0.2, -0.15) is 0 Å². The van der Waals surface area contributed by atoms with Gasteiger partial charge < -0.3 is 15.2 Å². The van der Waals surface area contributed by atoms with Crippen molar-refractivity contribution in [3.8, 4) is 0 Å². The minimum absolute atomic E-state index is 0.296. The number of carbonyl (C=O) groups is 1. The molecule has 0 radical (unpaired) electrons. The average Bonchev–Trinajstić information content (AvgIpc) is 3.21. The zero-order valence-corrected chi connectivity index (χ0v) is 13.0. The topological polar surface area (TPSA) is 61.8 Å². The zero-order valence-electron chi connectivity index (χ0n) is 13.0. The standard InChI is InChI=1S/C16H28N2O3/c1-2-8-17-16(15(19)20,12-6-7-12)11-18-9-10-21-14-5-3-4-13(14)18/h12-14,17H,2-11H2,1H3,(H,19,20). The fourth-order valence-electron chi connectivity index (χ4n) is 4.09. The summed E-state index contributed by atoms with van der Waals surface area (Å²) in [6, 6.07) is 0.430. The molecule has 0 aromatic rings. The summed E-state index contributed by atoms with van der Waals surface area (Å²) < 4.78 is 5.85. The fraction of sp³-hybridized carbons (Fsp3) is 0.938. The number of morpholine rings is 1. The summed E-state index contributed by atoms with van der Waals surface area (Å²) in [5.74, 6) is -0.372. The highest BCUT2D eigenvalue weighted by molar-refractivity contribution is 5.80. The third-order valence-electron chi connectivity index (χ3n) is 5.40. The monoisotopic (exact) mass is 296 g/mol. The highest BCUT2D eigenvalue weighted by atomic mass is 16.5. The predicted octanol–water partition coefficient (Wildman–Crippen LogP) is 1.47. The van der Waals surface area contributed by atoms with Crippen LogP contribution in [0.2, 0.25) is 0 Å². The van der Waals surface area contributed by atoms with Crippen LogP contribution in [0.4, 0.5) is 0 Å². The van der Waals surface area contributed by atoms with Crippen LogP contribution in [0.25, 0.3) is 0 Å². The van der Waals surface area contributed by atoms with Crippen molar-refractivity contribution in [3.63, 3.8) is 0 Å². The van der Waals surface area contributed by atoms with Crippen molar-refractivity contribution in [3.05, 3.63) is 0 Å². The third kappa shape index (κ3) is 2.96. The maximum atomic E-state index is 12.1. The smallest absolute Gasteiger partial charge is 0.325 e. The van der Waals surface area contributed by atoms with Crippen LogP contribution in [0.3, 0.4) is 0 Å². The summed E-state index contributed by atoms with van der Waals surface area (Å²) in [5, 5.41) is 13.3. The van der Waals surface area contributed by atoms with Crippen LogP contribution < -0.4 is 5.32 Å². The van der Waals surface area contributed by atoms with E-state index in [1.165, 1.54) is 6.42 Å².